The van der Waals surface area contributed by atoms with Gasteiger partial charge < -0.3 is 10.2 Å². The first-order valence-electron chi connectivity index (χ1n) is 4.91. The van der Waals surface area contributed by atoms with Crippen molar-refractivity contribution >= 4 is 34.2 Å². The number of aromatic nitrogens is 4. The third-order valence-electron chi connectivity index (χ3n) is 2.40. The van der Waals surface area contributed by atoms with Gasteiger partial charge >= 0.3 is 0 Å². The molecule has 2 aromatic heterocycles. The molecule has 92 valence electrons. The van der Waals surface area contributed by atoms with Crippen LogP contribution >= 0.6 is 23.2 Å². The first-order valence-corrected chi connectivity index (χ1v) is 5.83. The van der Waals surface area contributed by atoms with E-state index in [0.29, 0.717) is 16.7 Å². The number of nitrogens with zero attached hydrogens (tertiary/aromatic N) is 3. The van der Waals surface area contributed by atoms with Gasteiger partial charge in [-0.3, -0.25) is 5.10 Å². The normalized spacial score (nSPS) is 15.1. The molecule has 0 fully saturated rings. The maximum absolute atomic E-state index is 9.94. The van der Waals surface area contributed by atoms with Crippen LogP contribution in [0.5, 0.6) is 0 Å². The first-order chi connectivity index (χ1) is 8.15. The number of aromatic amines is 1. The molecule has 3 N–H and O–H groups in total. The Labute approximate surface area is 107 Å². The fraction of sp³-hybridized carbons (Fsp3) is 0.444. The fourth-order valence-corrected chi connectivity index (χ4v) is 1.97. The first kappa shape index (κ1) is 12.5. The van der Waals surface area contributed by atoms with Crippen LogP contribution in [0.4, 0.5) is 0 Å². The number of hydrogen-bond donors (Lipinski definition) is 3. The summed E-state index contributed by atoms with van der Waals surface area (Å²) < 4.78 is 0. The second-order valence-electron chi connectivity index (χ2n) is 3.49. The van der Waals surface area contributed by atoms with E-state index in [0.717, 1.165) is 0 Å². The van der Waals surface area contributed by atoms with E-state index < -0.39 is 12.2 Å². The summed E-state index contributed by atoms with van der Waals surface area (Å²) in [6.07, 6.45) is -0.611. The lowest BCUT2D eigenvalue weighted by atomic mass is 10.1. The molecule has 2 heterocycles. The van der Waals surface area contributed by atoms with Crippen molar-refractivity contribution in [3.05, 3.63) is 17.2 Å². The van der Waals surface area contributed by atoms with Gasteiger partial charge in [0.25, 0.3) is 0 Å². The Bertz CT molecular complexity index is 519. The van der Waals surface area contributed by atoms with Gasteiger partial charge in [-0.1, -0.05) is 11.6 Å². The van der Waals surface area contributed by atoms with Gasteiger partial charge in [0.05, 0.1) is 17.2 Å². The second kappa shape index (κ2) is 5.14. The largest absolute Gasteiger partial charge is 0.390 e. The summed E-state index contributed by atoms with van der Waals surface area (Å²) in [5, 5.41) is 26.7. The zero-order valence-electron chi connectivity index (χ0n) is 8.64. The number of H-pyrrole nitrogens is 1. The molecule has 0 aliphatic heterocycles. The summed E-state index contributed by atoms with van der Waals surface area (Å²) in [6.45, 7) is 0. The van der Waals surface area contributed by atoms with Gasteiger partial charge in [-0.2, -0.15) is 5.10 Å². The van der Waals surface area contributed by atoms with Crippen LogP contribution in [0.15, 0.2) is 6.33 Å². The summed E-state index contributed by atoms with van der Waals surface area (Å²) in [6, 6.07) is 0. The number of aliphatic hydroxyl groups is 2. The molecule has 0 aliphatic carbocycles. The summed E-state index contributed by atoms with van der Waals surface area (Å²) >= 11 is 11.4. The highest BCUT2D eigenvalue weighted by molar-refractivity contribution is 6.34. The van der Waals surface area contributed by atoms with Crippen molar-refractivity contribution in [2.45, 2.75) is 18.6 Å². The van der Waals surface area contributed by atoms with Gasteiger partial charge in [0.15, 0.2) is 5.65 Å². The van der Waals surface area contributed by atoms with Gasteiger partial charge in [0.2, 0.25) is 0 Å². The van der Waals surface area contributed by atoms with Crippen LogP contribution in [0, 0.1) is 0 Å². The molecule has 17 heavy (non-hydrogen) atoms. The van der Waals surface area contributed by atoms with Crippen molar-refractivity contribution < 1.29 is 10.2 Å². The van der Waals surface area contributed by atoms with Crippen LogP contribution in [0.3, 0.4) is 0 Å². The SMILES string of the molecule is OC(CCCl)C(O)c1[nH]nc2ncnc(Cl)c12. The summed E-state index contributed by atoms with van der Waals surface area (Å²) in [5.41, 5.74) is 0.639. The minimum atomic E-state index is -1.15. The Hall–Kier alpha value is -0.950. The average Bonchev–Trinajstić information content (AvgIpc) is 2.73. The van der Waals surface area contributed by atoms with E-state index in [9.17, 15) is 10.2 Å². The van der Waals surface area contributed by atoms with Crippen LogP contribution < -0.4 is 0 Å². The Kier molecular flexibility index (Phi) is 3.78. The van der Waals surface area contributed by atoms with Crippen molar-refractivity contribution in [1.82, 2.24) is 20.2 Å². The van der Waals surface area contributed by atoms with Crippen molar-refractivity contribution in [3.8, 4) is 0 Å². The lowest BCUT2D eigenvalue weighted by Gasteiger charge is -2.15. The molecule has 0 amide bonds. The lowest BCUT2D eigenvalue weighted by Crippen LogP contribution is -2.19. The standard InChI is InChI=1S/C9H10Cl2N4O2/c10-2-1-4(16)7(17)6-5-8(11)12-3-13-9(5)15-14-6/h3-4,7,16-17H,1-2H2,(H,12,13,14,15). The Morgan fingerprint density at radius 1 is 1.35 bits per heavy atom. The summed E-state index contributed by atoms with van der Waals surface area (Å²) in [7, 11) is 0. The van der Waals surface area contributed by atoms with Crippen LogP contribution in [0.1, 0.15) is 18.2 Å². The van der Waals surface area contributed by atoms with Crippen molar-refractivity contribution in [3.63, 3.8) is 0 Å². The van der Waals surface area contributed by atoms with Crippen LogP contribution in [0.2, 0.25) is 5.15 Å². The second-order valence-corrected chi connectivity index (χ2v) is 4.23. The molecule has 0 radical (unpaired) electrons. The van der Waals surface area contributed by atoms with E-state index >= 15 is 0 Å². The number of alkyl halides is 1. The van der Waals surface area contributed by atoms with Crippen LogP contribution in [-0.2, 0) is 0 Å². The minimum Gasteiger partial charge on any atom is -0.390 e. The van der Waals surface area contributed by atoms with Crippen molar-refractivity contribution in [2.24, 2.45) is 0 Å². The van der Waals surface area contributed by atoms with E-state index in [1.807, 2.05) is 0 Å². The van der Waals surface area contributed by atoms with Gasteiger partial charge in [0.1, 0.15) is 17.6 Å². The fourth-order valence-electron chi connectivity index (χ4n) is 1.52. The molecule has 0 bridgehead atoms. The molecular weight excluding hydrogens is 267 g/mol. The highest BCUT2D eigenvalue weighted by Crippen LogP contribution is 2.28. The molecule has 2 rings (SSSR count). The third-order valence-corrected chi connectivity index (χ3v) is 2.90. The molecule has 2 unspecified atom stereocenters. The zero-order valence-corrected chi connectivity index (χ0v) is 10.2. The van der Waals surface area contributed by atoms with E-state index in [1.165, 1.54) is 6.33 Å². The molecule has 6 nitrogen and oxygen atoms in total. The Morgan fingerprint density at radius 3 is 2.82 bits per heavy atom. The maximum Gasteiger partial charge on any atom is 0.185 e. The van der Waals surface area contributed by atoms with E-state index in [-0.39, 0.29) is 17.5 Å². The molecule has 0 saturated heterocycles. The van der Waals surface area contributed by atoms with Gasteiger partial charge in [0, 0.05) is 5.88 Å². The molecule has 0 spiro atoms. The molecular formula is C9H10Cl2N4O2. The average molecular weight is 277 g/mol. The smallest absolute Gasteiger partial charge is 0.185 e. The molecule has 0 aliphatic rings. The quantitative estimate of drug-likeness (QED) is 0.573. The molecule has 2 atom stereocenters. The number of aliphatic hydroxyl groups excluding tert-OH is 2. The van der Waals surface area contributed by atoms with E-state index in [4.69, 9.17) is 23.2 Å². The van der Waals surface area contributed by atoms with Crippen molar-refractivity contribution in [1.29, 1.82) is 0 Å². The summed E-state index contributed by atoms with van der Waals surface area (Å²) in [4.78, 5) is 7.70. The number of rotatable bonds is 4. The lowest BCUT2D eigenvalue weighted by molar-refractivity contribution is 0.0152. The number of fused-ring (bicyclic) bond motifs is 1. The highest BCUT2D eigenvalue weighted by atomic mass is 35.5. The van der Waals surface area contributed by atoms with Crippen molar-refractivity contribution in [2.75, 3.05) is 5.88 Å². The van der Waals surface area contributed by atoms with E-state index in [2.05, 4.69) is 20.2 Å². The van der Waals surface area contributed by atoms with Gasteiger partial charge in [-0.15, -0.1) is 11.6 Å². The molecule has 2 aromatic rings. The van der Waals surface area contributed by atoms with Crippen LogP contribution in [0.25, 0.3) is 11.0 Å². The monoisotopic (exact) mass is 276 g/mol. The Balaban J connectivity index is 2.42. The number of halogens is 2. The highest BCUT2D eigenvalue weighted by Gasteiger charge is 2.24. The number of nitrogens with one attached hydrogen (secondary N) is 1. The minimum absolute atomic E-state index is 0.177. The maximum atomic E-state index is 9.94. The molecule has 8 heteroatoms. The van der Waals surface area contributed by atoms with E-state index in [1.54, 1.807) is 0 Å². The number of hydrogen-bond acceptors (Lipinski definition) is 5. The topological polar surface area (TPSA) is 94.9 Å². The van der Waals surface area contributed by atoms with Gasteiger partial charge in [-0.25, -0.2) is 9.97 Å². The Morgan fingerprint density at radius 2 is 2.12 bits per heavy atom. The predicted molar refractivity (Wildman–Crippen MR) is 63.0 cm³/mol. The predicted octanol–water partition coefficient (Wildman–Crippen LogP) is 1.03. The van der Waals surface area contributed by atoms with Gasteiger partial charge in [-0.05, 0) is 6.42 Å². The summed E-state index contributed by atoms with van der Waals surface area (Å²) in [5.74, 6) is 0.245. The van der Waals surface area contributed by atoms with Crippen LogP contribution in [-0.4, -0.2) is 42.4 Å². The third kappa shape index (κ3) is 2.35. The molecule has 0 saturated carbocycles. The zero-order chi connectivity index (χ0) is 12.4. The molecule has 0 aromatic carbocycles.